The van der Waals surface area contributed by atoms with E-state index in [9.17, 15) is 26.4 Å². The van der Waals surface area contributed by atoms with Crippen LogP contribution in [0, 0.1) is 0 Å². The highest BCUT2D eigenvalue weighted by atomic mass is 32.2. The molecule has 0 spiro atoms. The third-order valence-electron chi connectivity index (χ3n) is 4.57. The molecule has 1 saturated heterocycles. The second-order valence-corrected chi connectivity index (χ2v) is 8.83. The number of likely N-dealkylation sites (tertiary alicyclic amines) is 1. The number of halogens is 3. The Labute approximate surface area is 163 Å². The first-order valence-corrected chi connectivity index (χ1v) is 11.1. The molecule has 0 unspecified atom stereocenters. The molecule has 28 heavy (non-hydrogen) atoms. The van der Waals surface area contributed by atoms with Crippen molar-refractivity contribution in [2.24, 2.45) is 0 Å². The molecule has 1 aromatic rings. The number of nitrogens with one attached hydrogen (secondary N) is 1. The first-order valence-electron chi connectivity index (χ1n) is 9.21. The molecule has 1 amide bonds. The molecule has 1 heterocycles. The summed E-state index contributed by atoms with van der Waals surface area (Å²) in [6.45, 7) is 2.76. The van der Waals surface area contributed by atoms with E-state index in [1.165, 1.54) is 25.3 Å². The monoisotopic (exact) mass is 421 g/mol. The molecule has 0 bridgehead atoms. The van der Waals surface area contributed by atoms with Crippen LogP contribution in [-0.2, 0) is 21.0 Å². The van der Waals surface area contributed by atoms with Crippen LogP contribution in [0.1, 0.15) is 31.2 Å². The molecular formula is C18H26F3N3O3S. The average molecular weight is 421 g/mol. The lowest BCUT2D eigenvalue weighted by molar-refractivity contribution is -0.137. The predicted molar refractivity (Wildman–Crippen MR) is 102 cm³/mol. The first-order chi connectivity index (χ1) is 13.1. The molecule has 1 aromatic carbocycles. The Kier molecular flexibility index (Phi) is 7.70. The van der Waals surface area contributed by atoms with Crippen LogP contribution in [0.2, 0.25) is 0 Å². The average Bonchev–Trinajstić information content (AvgIpc) is 2.62. The molecule has 10 heteroatoms. The third-order valence-corrected chi connectivity index (χ3v) is 5.71. The Morgan fingerprint density at radius 2 is 1.89 bits per heavy atom. The van der Waals surface area contributed by atoms with Gasteiger partial charge in [0.05, 0.1) is 17.5 Å². The van der Waals surface area contributed by atoms with Gasteiger partial charge in [0, 0.05) is 6.54 Å². The molecule has 1 aliphatic rings. The topological polar surface area (TPSA) is 69.7 Å². The summed E-state index contributed by atoms with van der Waals surface area (Å²) >= 11 is 0. The van der Waals surface area contributed by atoms with Gasteiger partial charge in [0.25, 0.3) is 0 Å². The molecular weight excluding hydrogens is 395 g/mol. The van der Waals surface area contributed by atoms with Gasteiger partial charge in [-0.25, -0.2) is 8.42 Å². The molecule has 0 radical (unpaired) electrons. The molecule has 2 rings (SSSR count). The third kappa shape index (κ3) is 6.97. The second kappa shape index (κ2) is 9.60. The summed E-state index contributed by atoms with van der Waals surface area (Å²) in [5.74, 6) is -0.554. The fourth-order valence-corrected chi connectivity index (χ4v) is 3.99. The van der Waals surface area contributed by atoms with Crippen LogP contribution in [0.25, 0.3) is 0 Å². The fraction of sp³-hybridized carbons (Fsp3) is 0.611. The van der Waals surface area contributed by atoms with Gasteiger partial charge in [-0.3, -0.25) is 9.10 Å². The summed E-state index contributed by atoms with van der Waals surface area (Å²) in [5.41, 5.74) is -1.17. The summed E-state index contributed by atoms with van der Waals surface area (Å²) in [6.07, 6.45) is 0.574. The number of rotatable bonds is 8. The van der Waals surface area contributed by atoms with Crippen molar-refractivity contribution in [2.45, 2.75) is 31.9 Å². The quantitative estimate of drug-likeness (QED) is 0.655. The number of piperidine rings is 1. The van der Waals surface area contributed by atoms with E-state index in [1.54, 1.807) is 0 Å². The van der Waals surface area contributed by atoms with Crippen molar-refractivity contribution < 1.29 is 26.4 Å². The highest BCUT2D eigenvalue weighted by Gasteiger charge is 2.32. The Hall–Kier alpha value is -1.81. The van der Waals surface area contributed by atoms with Crippen molar-refractivity contribution in [3.05, 3.63) is 29.8 Å². The number of hydrogen-bond acceptors (Lipinski definition) is 4. The standard InChI is InChI=1S/C18H26F3N3O3S/c1-28(26,27)24(16-8-5-7-15(13-16)18(19,20)21)14-17(25)22-9-6-12-23-10-3-2-4-11-23/h5,7-8,13H,2-4,6,9-12,14H2,1H3,(H,22,25). The summed E-state index contributed by atoms with van der Waals surface area (Å²) in [6, 6.07) is 3.93. The van der Waals surface area contributed by atoms with Gasteiger partial charge < -0.3 is 10.2 Å². The van der Waals surface area contributed by atoms with E-state index in [1.807, 2.05) is 0 Å². The molecule has 1 fully saturated rings. The highest BCUT2D eigenvalue weighted by molar-refractivity contribution is 7.92. The minimum Gasteiger partial charge on any atom is -0.354 e. The number of sulfonamides is 1. The van der Waals surface area contributed by atoms with Crippen LogP contribution in [-0.4, -0.2) is 58.2 Å². The normalized spacial score (nSPS) is 16.0. The van der Waals surface area contributed by atoms with Gasteiger partial charge in [-0.15, -0.1) is 0 Å². The van der Waals surface area contributed by atoms with E-state index < -0.39 is 34.2 Å². The highest BCUT2D eigenvalue weighted by Crippen LogP contribution is 2.32. The van der Waals surface area contributed by atoms with Crippen molar-refractivity contribution in [1.29, 1.82) is 0 Å². The van der Waals surface area contributed by atoms with Crippen LogP contribution in [0.15, 0.2) is 24.3 Å². The fourth-order valence-electron chi connectivity index (χ4n) is 3.14. The van der Waals surface area contributed by atoms with E-state index >= 15 is 0 Å². The number of benzene rings is 1. The van der Waals surface area contributed by atoms with E-state index in [0.29, 0.717) is 10.8 Å². The maximum atomic E-state index is 12.9. The van der Waals surface area contributed by atoms with Crippen LogP contribution >= 0.6 is 0 Å². The second-order valence-electron chi connectivity index (χ2n) is 6.92. The number of alkyl halides is 3. The Morgan fingerprint density at radius 1 is 1.21 bits per heavy atom. The zero-order chi connectivity index (χ0) is 20.8. The molecule has 0 saturated carbocycles. The van der Waals surface area contributed by atoms with Gasteiger partial charge in [-0.05, 0) is 57.1 Å². The smallest absolute Gasteiger partial charge is 0.354 e. The minimum absolute atomic E-state index is 0.194. The van der Waals surface area contributed by atoms with Crippen molar-refractivity contribution in [3.8, 4) is 0 Å². The zero-order valence-corrected chi connectivity index (χ0v) is 16.7. The van der Waals surface area contributed by atoms with E-state index in [-0.39, 0.29) is 5.69 Å². The van der Waals surface area contributed by atoms with Crippen LogP contribution in [0.5, 0.6) is 0 Å². The largest absolute Gasteiger partial charge is 0.416 e. The van der Waals surface area contributed by atoms with Crippen molar-refractivity contribution in [2.75, 3.05) is 43.3 Å². The number of anilines is 1. The van der Waals surface area contributed by atoms with E-state index in [2.05, 4.69) is 10.2 Å². The van der Waals surface area contributed by atoms with Gasteiger partial charge in [0.1, 0.15) is 6.54 Å². The van der Waals surface area contributed by atoms with Gasteiger partial charge in [-0.1, -0.05) is 12.5 Å². The summed E-state index contributed by atoms with van der Waals surface area (Å²) in [5, 5.41) is 2.65. The maximum absolute atomic E-state index is 12.9. The molecule has 158 valence electrons. The SMILES string of the molecule is CS(=O)(=O)N(CC(=O)NCCCN1CCCCC1)c1cccc(C(F)(F)F)c1. The van der Waals surface area contributed by atoms with Crippen LogP contribution in [0.3, 0.4) is 0 Å². The Balaban J connectivity index is 1.94. The number of carbonyl (C=O) groups excluding carboxylic acids is 1. The van der Waals surface area contributed by atoms with Crippen molar-refractivity contribution >= 4 is 21.6 Å². The summed E-state index contributed by atoms with van der Waals surface area (Å²) in [4.78, 5) is 14.5. The zero-order valence-electron chi connectivity index (χ0n) is 15.8. The number of amides is 1. The molecule has 0 aromatic heterocycles. The van der Waals surface area contributed by atoms with Gasteiger partial charge >= 0.3 is 6.18 Å². The Bertz CT molecular complexity index is 763. The lowest BCUT2D eigenvalue weighted by atomic mass is 10.1. The van der Waals surface area contributed by atoms with Gasteiger partial charge in [-0.2, -0.15) is 13.2 Å². The van der Waals surface area contributed by atoms with Gasteiger partial charge in [0.2, 0.25) is 15.9 Å². The predicted octanol–water partition coefficient (Wildman–Crippen LogP) is 2.46. The summed E-state index contributed by atoms with van der Waals surface area (Å²) in [7, 11) is -3.93. The Morgan fingerprint density at radius 3 is 2.50 bits per heavy atom. The van der Waals surface area contributed by atoms with Gasteiger partial charge in [0.15, 0.2) is 0 Å². The maximum Gasteiger partial charge on any atom is 0.416 e. The molecule has 1 aliphatic heterocycles. The number of carbonyl (C=O) groups is 1. The van der Waals surface area contributed by atoms with Crippen LogP contribution in [0.4, 0.5) is 18.9 Å². The van der Waals surface area contributed by atoms with Crippen molar-refractivity contribution in [3.63, 3.8) is 0 Å². The summed E-state index contributed by atoms with van der Waals surface area (Å²) < 4.78 is 63.4. The molecule has 0 atom stereocenters. The van der Waals surface area contributed by atoms with E-state index in [4.69, 9.17) is 0 Å². The minimum atomic E-state index is -4.60. The first kappa shape index (κ1) is 22.5. The lowest BCUT2D eigenvalue weighted by Gasteiger charge is -2.26. The number of nitrogens with zero attached hydrogens (tertiary/aromatic N) is 2. The van der Waals surface area contributed by atoms with E-state index in [0.717, 1.165) is 50.5 Å². The van der Waals surface area contributed by atoms with Crippen LogP contribution < -0.4 is 9.62 Å². The molecule has 1 N–H and O–H groups in total. The number of hydrogen-bond donors (Lipinski definition) is 1. The lowest BCUT2D eigenvalue weighted by Crippen LogP contribution is -2.41. The van der Waals surface area contributed by atoms with Crippen molar-refractivity contribution in [1.82, 2.24) is 10.2 Å². The molecule has 0 aliphatic carbocycles. The molecule has 6 nitrogen and oxygen atoms in total.